The largest absolute Gasteiger partial charge is 0.311 e. The summed E-state index contributed by atoms with van der Waals surface area (Å²) in [7, 11) is 1.95. The van der Waals surface area contributed by atoms with Crippen molar-refractivity contribution >= 4 is 23.2 Å². The highest BCUT2D eigenvalue weighted by atomic mass is 35.5. The highest BCUT2D eigenvalue weighted by molar-refractivity contribution is 6.34. The molecule has 82 valence electrons. The first kappa shape index (κ1) is 11.2. The van der Waals surface area contributed by atoms with Gasteiger partial charge in [-0.2, -0.15) is 0 Å². The first-order valence-corrected chi connectivity index (χ1v) is 5.96. The van der Waals surface area contributed by atoms with Gasteiger partial charge in [-0.1, -0.05) is 29.6 Å². The van der Waals surface area contributed by atoms with E-state index in [0.29, 0.717) is 16.0 Å². The van der Waals surface area contributed by atoms with Crippen molar-refractivity contribution < 1.29 is 0 Å². The molecule has 1 aromatic rings. The molecule has 1 N–H and O–H groups in total. The minimum absolute atomic E-state index is 0.267. The summed E-state index contributed by atoms with van der Waals surface area (Å²) in [6.07, 6.45) is 5.48. The normalized spacial score (nSPS) is 18.6. The van der Waals surface area contributed by atoms with E-state index >= 15 is 0 Å². The monoisotopic (exact) mass is 244 g/mol. The SMILES string of the molecule is CNC(c1ncc(Cl)cc1Cl)C1CCC1. The summed E-state index contributed by atoms with van der Waals surface area (Å²) in [4.78, 5) is 4.33. The van der Waals surface area contributed by atoms with Gasteiger partial charge in [-0.3, -0.25) is 4.98 Å². The molecule has 1 fully saturated rings. The van der Waals surface area contributed by atoms with Crippen LogP contribution in [0.4, 0.5) is 0 Å². The molecule has 15 heavy (non-hydrogen) atoms. The Hall–Kier alpha value is -0.310. The average Bonchev–Trinajstić information content (AvgIpc) is 2.12. The number of pyridine rings is 1. The van der Waals surface area contributed by atoms with Gasteiger partial charge in [-0.05, 0) is 31.9 Å². The van der Waals surface area contributed by atoms with Crippen LogP contribution in [0.25, 0.3) is 0 Å². The number of hydrogen-bond acceptors (Lipinski definition) is 2. The predicted molar refractivity (Wildman–Crippen MR) is 63.4 cm³/mol. The molecule has 1 atom stereocenters. The average molecular weight is 245 g/mol. The molecule has 1 saturated carbocycles. The van der Waals surface area contributed by atoms with Crippen molar-refractivity contribution in [2.45, 2.75) is 25.3 Å². The Morgan fingerprint density at radius 2 is 2.20 bits per heavy atom. The van der Waals surface area contributed by atoms with Gasteiger partial charge in [0.05, 0.1) is 21.8 Å². The van der Waals surface area contributed by atoms with E-state index < -0.39 is 0 Å². The Bertz CT molecular complexity index is 350. The van der Waals surface area contributed by atoms with Gasteiger partial charge in [0.1, 0.15) is 0 Å². The molecule has 2 rings (SSSR count). The first-order chi connectivity index (χ1) is 7.22. The van der Waals surface area contributed by atoms with E-state index in [2.05, 4.69) is 10.3 Å². The zero-order chi connectivity index (χ0) is 10.8. The van der Waals surface area contributed by atoms with Gasteiger partial charge < -0.3 is 5.32 Å². The fourth-order valence-electron chi connectivity index (χ4n) is 2.02. The Morgan fingerprint density at radius 1 is 1.47 bits per heavy atom. The van der Waals surface area contributed by atoms with Crippen molar-refractivity contribution in [1.82, 2.24) is 10.3 Å². The maximum Gasteiger partial charge on any atom is 0.0762 e. The lowest BCUT2D eigenvalue weighted by atomic mass is 9.78. The summed E-state index contributed by atoms with van der Waals surface area (Å²) in [6, 6.07) is 2.03. The fourth-order valence-corrected chi connectivity index (χ4v) is 2.52. The summed E-state index contributed by atoms with van der Waals surface area (Å²) in [5.41, 5.74) is 0.924. The smallest absolute Gasteiger partial charge is 0.0762 e. The van der Waals surface area contributed by atoms with E-state index in [1.165, 1.54) is 19.3 Å². The van der Waals surface area contributed by atoms with Crippen molar-refractivity contribution in [3.05, 3.63) is 28.0 Å². The molecule has 0 aromatic carbocycles. The number of aromatic nitrogens is 1. The number of rotatable bonds is 3. The predicted octanol–water partition coefficient (Wildman–Crippen LogP) is 3.45. The third-order valence-corrected chi connectivity index (χ3v) is 3.57. The van der Waals surface area contributed by atoms with E-state index in [0.717, 1.165) is 5.69 Å². The molecule has 0 aliphatic heterocycles. The minimum Gasteiger partial charge on any atom is -0.311 e. The van der Waals surface area contributed by atoms with Gasteiger partial charge in [-0.25, -0.2) is 0 Å². The lowest BCUT2D eigenvalue weighted by Gasteiger charge is -2.33. The summed E-state index contributed by atoms with van der Waals surface area (Å²) >= 11 is 12.0. The third kappa shape index (κ3) is 2.27. The third-order valence-electron chi connectivity index (χ3n) is 3.06. The Kier molecular flexibility index (Phi) is 3.49. The zero-order valence-electron chi connectivity index (χ0n) is 8.63. The molecule has 0 amide bonds. The molecule has 1 aliphatic rings. The molecule has 0 radical (unpaired) electrons. The fraction of sp³-hybridized carbons (Fsp3) is 0.545. The molecule has 1 aromatic heterocycles. The van der Waals surface area contributed by atoms with Crippen molar-refractivity contribution in [3.63, 3.8) is 0 Å². The number of halogens is 2. The van der Waals surface area contributed by atoms with Crippen LogP contribution in [0.15, 0.2) is 12.3 Å². The lowest BCUT2D eigenvalue weighted by molar-refractivity contribution is 0.236. The summed E-state index contributed by atoms with van der Waals surface area (Å²) in [5, 5.41) is 4.54. The van der Waals surface area contributed by atoms with Gasteiger partial charge in [-0.15, -0.1) is 0 Å². The summed E-state index contributed by atoms with van der Waals surface area (Å²) < 4.78 is 0. The maximum atomic E-state index is 6.14. The van der Waals surface area contributed by atoms with Gasteiger partial charge in [0, 0.05) is 6.20 Å². The van der Waals surface area contributed by atoms with Crippen LogP contribution in [0.1, 0.15) is 31.0 Å². The quantitative estimate of drug-likeness (QED) is 0.882. The molecular formula is C11H14Cl2N2. The van der Waals surface area contributed by atoms with Gasteiger partial charge in [0.2, 0.25) is 0 Å². The molecular weight excluding hydrogens is 231 g/mol. The molecule has 4 heteroatoms. The maximum absolute atomic E-state index is 6.14. The number of hydrogen-bond donors (Lipinski definition) is 1. The van der Waals surface area contributed by atoms with Crippen molar-refractivity contribution in [3.8, 4) is 0 Å². The van der Waals surface area contributed by atoms with Crippen LogP contribution in [0.5, 0.6) is 0 Å². The van der Waals surface area contributed by atoms with Crippen LogP contribution in [0, 0.1) is 5.92 Å². The standard InChI is InChI=1S/C11H14Cl2N2/c1-14-10(7-3-2-4-7)11-9(13)5-8(12)6-15-11/h5-7,10,14H,2-4H2,1H3. The van der Waals surface area contributed by atoms with E-state index in [-0.39, 0.29) is 6.04 Å². The number of nitrogens with zero attached hydrogens (tertiary/aromatic N) is 1. The van der Waals surface area contributed by atoms with Crippen molar-refractivity contribution in [1.29, 1.82) is 0 Å². The summed E-state index contributed by atoms with van der Waals surface area (Å²) in [6.45, 7) is 0. The van der Waals surface area contributed by atoms with Crippen LogP contribution in [0.3, 0.4) is 0 Å². The highest BCUT2D eigenvalue weighted by Crippen LogP contribution is 2.39. The van der Waals surface area contributed by atoms with E-state index in [1.54, 1.807) is 12.3 Å². The first-order valence-electron chi connectivity index (χ1n) is 5.20. The minimum atomic E-state index is 0.267. The van der Waals surface area contributed by atoms with Crippen LogP contribution >= 0.6 is 23.2 Å². The highest BCUT2D eigenvalue weighted by Gasteiger charge is 2.29. The Labute approximate surface area is 100.0 Å². The topological polar surface area (TPSA) is 24.9 Å². The van der Waals surface area contributed by atoms with Crippen LogP contribution in [-0.4, -0.2) is 12.0 Å². The van der Waals surface area contributed by atoms with Gasteiger partial charge >= 0.3 is 0 Å². The van der Waals surface area contributed by atoms with Crippen LogP contribution in [0.2, 0.25) is 10.0 Å². The van der Waals surface area contributed by atoms with Gasteiger partial charge in [0.15, 0.2) is 0 Å². The second kappa shape index (κ2) is 4.69. The molecule has 0 saturated heterocycles. The molecule has 1 unspecified atom stereocenters. The van der Waals surface area contributed by atoms with Gasteiger partial charge in [0.25, 0.3) is 0 Å². The van der Waals surface area contributed by atoms with E-state index in [1.807, 2.05) is 7.05 Å². The zero-order valence-corrected chi connectivity index (χ0v) is 10.1. The van der Waals surface area contributed by atoms with Crippen LogP contribution in [-0.2, 0) is 0 Å². The molecule has 0 spiro atoms. The lowest BCUT2D eigenvalue weighted by Crippen LogP contribution is -2.30. The summed E-state index contributed by atoms with van der Waals surface area (Å²) in [5.74, 6) is 0.668. The second-order valence-electron chi connectivity index (χ2n) is 3.98. The van der Waals surface area contributed by atoms with Crippen molar-refractivity contribution in [2.24, 2.45) is 5.92 Å². The Balaban J connectivity index is 2.25. The second-order valence-corrected chi connectivity index (χ2v) is 4.82. The van der Waals surface area contributed by atoms with E-state index in [9.17, 15) is 0 Å². The molecule has 2 nitrogen and oxygen atoms in total. The van der Waals surface area contributed by atoms with Crippen LogP contribution < -0.4 is 5.32 Å². The molecule has 0 bridgehead atoms. The van der Waals surface area contributed by atoms with E-state index in [4.69, 9.17) is 23.2 Å². The molecule has 1 heterocycles. The number of nitrogens with one attached hydrogen (secondary N) is 1. The van der Waals surface area contributed by atoms with Crippen molar-refractivity contribution in [2.75, 3.05) is 7.05 Å². The Morgan fingerprint density at radius 3 is 2.67 bits per heavy atom. The molecule has 1 aliphatic carbocycles.